The van der Waals surface area contributed by atoms with Crippen molar-refractivity contribution < 1.29 is 4.42 Å². The van der Waals surface area contributed by atoms with Crippen molar-refractivity contribution in [3.63, 3.8) is 0 Å². The maximum absolute atomic E-state index is 5.84. The van der Waals surface area contributed by atoms with E-state index in [-0.39, 0.29) is 29.4 Å². The first-order valence-corrected chi connectivity index (χ1v) is 11.0. The molecule has 0 spiro atoms. The first kappa shape index (κ1) is 24.1. The van der Waals surface area contributed by atoms with E-state index in [0.29, 0.717) is 18.4 Å². The number of aliphatic imine (C=N–C) groups is 1. The minimum atomic E-state index is -0.0266. The van der Waals surface area contributed by atoms with E-state index in [0.717, 1.165) is 31.4 Å². The molecule has 0 aliphatic carbocycles. The molecule has 1 unspecified atom stereocenters. The summed E-state index contributed by atoms with van der Waals surface area (Å²) < 4.78 is 5.84. The van der Waals surface area contributed by atoms with Gasteiger partial charge in [-0.2, -0.15) is 0 Å². The lowest BCUT2D eigenvalue weighted by molar-refractivity contribution is 0.169. The van der Waals surface area contributed by atoms with Gasteiger partial charge in [-0.25, -0.2) is 4.98 Å². The zero-order chi connectivity index (χ0) is 20.0. The molecule has 29 heavy (non-hydrogen) atoms. The number of aromatic nitrogens is 1. The Balaban J connectivity index is 0.00000300. The molecule has 1 aliphatic heterocycles. The lowest BCUT2D eigenvalue weighted by atomic mass is 9.94. The normalized spacial score (nSPS) is 18.3. The van der Waals surface area contributed by atoms with Crippen molar-refractivity contribution in [3.05, 3.63) is 40.2 Å². The van der Waals surface area contributed by atoms with Crippen molar-refractivity contribution in [1.29, 1.82) is 0 Å². The van der Waals surface area contributed by atoms with Gasteiger partial charge in [0.05, 0.1) is 12.7 Å². The molecule has 0 amide bonds. The Hall–Kier alpha value is -1.13. The maximum Gasteiger partial charge on any atom is 0.213 e. The third kappa shape index (κ3) is 7.57. The summed E-state index contributed by atoms with van der Waals surface area (Å²) in [5.74, 6) is 3.03. The number of nitrogens with one attached hydrogen (secondary N) is 2. The number of hydrogen-bond donors (Lipinski definition) is 2. The molecule has 0 saturated carbocycles. The van der Waals surface area contributed by atoms with Crippen LogP contribution in [-0.2, 0) is 18.5 Å². The average Bonchev–Trinajstić information content (AvgIpc) is 3.34. The van der Waals surface area contributed by atoms with Gasteiger partial charge >= 0.3 is 0 Å². The summed E-state index contributed by atoms with van der Waals surface area (Å²) in [4.78, 5) is 12.7. The molecule has 1 fully saturated rings. The van der Waals surface area contributed by atoms with Crippen molar-refractivity contribution in [2.24, 2.45) is 10.9 Å². The summed E-state index contributed by atoms with van der Waals surface area (Å²) >= 11 is 1.85. The van der Waals surface area contributed by atoms with Crippen LogP contribution < -0.4 is 10.6 Å². The molecule has 3 rings (SSSR count). The van der Waals surface area contributed by atoms with Crippen LogP contribution in [0, 0.1) is 5.92 Å². The lowest BCUT2D eigenvalue weighted by Crippen LogP contribution is -2.44. The second-order valence-electron chi connectivity index (χ2n) is 8.50. The molecule has 0 aromatic carbocycles. The van der Waals surface area contributed by atoms with Crippen molar-refractivity contribution in [3.8, 4) is 0 Å². The third-order valence-corrected chi connectivity index (χ3v) is 5.91. The topological polar surface area (TPSA) is 65.7 Å². The molecule has 1 aliphatic rings. The van der Waals surface area contributed by atoms with Gasteiger partial charge in [0.15, 0.2) is 5.96 Å². The Labute approximate surface area is 195 Å². The van der Waals surface area contributed by atoms with Gasteiger partial charge < -0.3 is 15.1 Å². The van der Waals surface area contributed by atoms with Gasteiger partial charge in [0, 0.05) is 37.0 Å². The fraction of sp³-hybridized carbons (Fsp3) is 0.619. The zero-order valence-corrected chi connectivity index (χ0v) is 21.0. The van der Waals surface area contributed by atoms with Crippen molar-refractivity contribution >= 4 is 41.3 Å². The lowest BCUT2D eigenvalue weighted by Gasteiger charge is -2.32. The molecule has 162 valence electrons. The van der Waals surface area contributed by atoms with Gasteiger partial charge in [0.1, 0.15) is 5.76 Å². The average molecular weight is 532 g/mol. The van der Waals surface area contributed by atoms with Crippen LogP contribution in [0.5, 0.6) is 0 Å². The number of likely N-dealkylation sites (tertiary alicyclic amines) is 1. The van der Waals surface area contributed by atoms with E-state index in [9.17, 15) is 0 Å². The molecular weight excluding hydrogens is 497 g/mol. The van der Waals surface area contributed by atoms with Crippen LogP contribution in [0.15, 0.2) is 33.1 Å². The summed E-state index contributed by atoms with van der Waals surface area (Å²) in [7, 11) is 1.80. The van der Waals surface area contributed by atoms with Crippen molar-refractivity contribution in [1.82, 2.24) is 20.5 Å². The fourth-order valence-corrected chi connectivity index (χ4v) is 4.19. The maximum atomic E-state index is 5.84. The van der Waals surface area contributed by atoms with E-state index in [2.05, 4.69) is 63.8 Å². The molecule has 2 aromatic heterocycles. The Morgan fingerprint density at radius 3 is 2.86 bits per heavy atom. The highest BCUT2D eigenvalue weighted by Gasteiger charge is 2.21. The minimum Gasteiger partial charge on any atom is -0.443 e. The highest BCUT2D eigenvalue weighted by molar-refractivity contribution is 14.0. The number of nitrogens with zero attached hydrogens (tertiary/aromatic N) is 3. The molecule has 2 aromatic rings. The van der Waals surface area contributed by atoms with Crippen LogP contribution in [0.25, 0.3) is 0 Å². The van der Waals surface area contributed by atoms with Crippen molar-refractivity contribution in [2.45, 2.75) is 52.1 Å². The number of halogens is 1. The number of hydrogen-bond acceptors (Lipinski definition) is 5. The van der Waals surface area contributed by atoms with E-state index in [1.165, 1.54) is 24.3 Å². The highest BCUT2D eigenvalue weighted by atomic mass is 127. The summed E-state index contributed by atoms with van der Waals surface area (Å²) in [5, 5.41) is 8.94. The first-order valence-electron chi connectivity index (χ1n) is 10.1. The van der Waals surface area contributed by atoms with Crippen molar-refractivity contribution in [2.75, 3.05) is 26.7 Å². The van der Waals surface area contributed by atoms with E-state index in [1.54, 1.807) is 7.05 Å². The fourth-order valence-electron chi connectivity index (χ4n) is 3.44. The van der Waals surface area contributed by atoms with Crippen LogP contribution in [0.2, 0.25) is 0 Å². The van der Waals surface area contributed by atoms with Gasteiger partial charge in [-0.05, 0) is 36.8 Å². The molecular formula is C21H34IN5OS. The highest BCUT2D eigenvalue weighted by Crippen LogP contribution is 2.22. The Morgan fingerprint density at radius 1 is 1.38 bits per heavy atom. The standard InChI is InChI=1S/C21H33N5OS.HI/c1-21(2,3)18-12-23-19(27-18)13-25-20(22-4)24-11-16-7-5-9-26(14-16)15-17-8-6-10-28-17;/h6,8,10,12,16H,5,7,9,11,13-15H2,1-4H3,(H2,22,24,25);1H. The summed E-state index contributed by atoms with van der Waals surface area (Å²) in [6.45, 7) is 11.2. The number of piperidine rings is 1. The van der Waals surface area contributed by atoms with E-state index in [1.807, 2.05) is 17.5 Å². The number of guanidine groups is 1. The molecule has 1 atom stereocenters. The number of rotatable bonds is 6. The molecule has 8 heteroatoms. The van der Waals surface area contributed by atoms with Crippen LogP contribution in [0.1, 0.15) is 50.1 Å². The second kappa shape index (κ2) is 11.3. The third-order valence-electron chi connectivity index (χ3n) is 5.04. The summed E-state index contributed by atoms with van der Waals surface area (Å²) in [5.41, 5.74) is -0.0266. The van der Waals surface area contributed by atoms with Gasteiger partial charge in [-0.3, -0.25) is 9.89 Å². The monoisotopic (exact) mass is 531 g/mol. The van der Waals surface area contributed by atoms with E-state index >= 15 is 0 Å². The molecule has 0 bridgehead atoms. The molecule has 2 N–H and O–H groups in total. The van der Waals surface area contributed by atoms with Crippen LogP contribution in [0.4, 0.5) is 0 Å². The molecule has 1 saturated heterocycles. The first-order chi connectivity index (χ1) is 13.4. The van der Waals surface area contributed by atoms with Gasteiger partial charge in [0.2, 0.25) is 5.89 Å². The van der Waals surface area contributed by atoms with Gasteiger partial charge in [-0.1, -0.05) is 26.8 Å². The predicted molar refractivity (Wildman–Crippen MR) is 131 cm³/mol. The number of thiophene rings is 1. The molecule has 6 nitrogen and oxygen atoms in total. The Kier molecular flexibility index (Phi) is 9.42. The zero-order valence-electron chi connectivity index (χ0n) is 17.9. The van der Waals surface area contributed by atoms with Crippen LogP contribution in [-0.4, -0.2) is 42.5 Å². The minimum absolute atomic E-state index is 0. The van der Waals surface area contributed by atoms with Crippen LogP contribution in [0.3, 0.4) is 0 Å². The molecule has 3 heterocycles. The Morgan fingerprint density at radius 2 is 2.21 bits per heavy atom. The largest absolute Gasteiger partial charge is 0.443 e. The second-order valence-corrected chi connectivity index (χ2v) is 9.53. The van der Waals surface area contributed by atoms with Gasteiger partial charge in [-0.15, -0.1) is 35.3 Å². The smallest absolute Gasteiger partial charge is 0.213 e. The summed E-state index contributed by atoms with van der Waals surface area (Å²) in [6.07, 6.45) is 4.34. The predicted octanol–water partition coefficient (Wildman–Crippen LogP) is 4.23. The Bertz CT molecular complexity index is 753. The van der Waals surface area contributed by atoms with E-state index in [4.69, 9.17) is 4.42 Å². The molecule has 0 radical (unpaired) electrons. The summed E-state index contributed by atoms with van der Waals surface area (Å²) in [6, 6.07) is 4.36. The quantitative estimate of drug-likeness (QED) is 0.332. The SMILES string of the molecule is CN=C(NCc1ncc(C(C)(C)C)o1)NCC1CCCN(Cc2cccs2)C1.I. The van der Waals surface area contributed by atoms with E-state index < -0.39 is 0 Å². The number of oxazole rings is 1. The van der Waals surface area contributed by atoms with Gasteiger partial charge in [0.25, 0.3) is 0 Å². The van der Waals surface area contributed by atoms with Crippen LogP contribution >= 0.6 is 35.3 Å².